The predicted molar refractivity (Wildman–Crippen MR) is 149 cm³/mol. The molecule has 0 heterocycles. The second kappa shape index (κ2) is 19.2. The summed E-state index contributed by atoms with van der Waals surface area (Å²) in [4.78, 5) is 12.4. The van der Waals surface area contributed by atoms with Crippen LogP contribution in [0.25, 0.3) is 0 Å². The molecular formula is C26H46N2O5S2. The lowest BCUT2D eigenvalue weighted by molar-refractivity contribution is 0.00138. The number of rotatable bonds is 20. The molecule has 0 spiro atoms. The topological polar surface area (TPSA) is 78.0 Å². The minimum atomic E-state index is -0.164. The highest BCUT2D eigenvalue weighted by molar-refractivity contribution is 8.77. The van der Waals surface area contributed by atoms with Crippen LogP contribution in [-0.2, 0) is 14.2 Å². The number of hydrogen-bond donors (Lipinski definition) is 2. The average molecular weight is 531 g/mol. The fourth-order valence-corrected chi connectivity index (χ4v) is 4.83. The molecular weight excluding hydrogens is 484 g/mol. The predicted octanol–water partition coefficient (Wildman–Crippen LogP) is 5.15. The van der Waals surface area contributed by atoms with Gasteiger partial charge in [0, 0.05) is 36.0 Å². The van der Waals surface area contributed by atoms with Gasteiger partial charge in [-0.2, -0.15) is 0 Å². The maximum atomic E-state index is 12.4. The molecule has 0 bridgehead atoms. The fraction of sp³-hybridized carbons (Fsp3) is 0.731. The van der Waals surface area contributed by atoms with Gasteiger partial charge in [-0.1, -0.05) is 75.6 Å². The van der Waals surface area contributed by atoms with Crippen LogP contribution < -0.4 is 15.4 Å². The van der Waals surface area contributed by atoms with E-state index in [1.54, 1.807) is 33.7 Å². The van der Waals surface area contributed by atoms with Crippen LogP contribution in [0, 0.1) is 0 Å². The molecule has 0 aliphatic rings. The lowest BCUT2D eigenvalue weighted by Crippen LogP contribution is -2.34. The van der Waals surface area contributed by atoms with Crippen molar-refractivity contribution >= 4 is 27.5 Å². The van der Waals surface area contributed by atoms with Gasteiger partial charge in [0.1, 0.15) is 17.8 Å². The first-order valence-corrected chi connectivity index (χ1v) is 14.8. The lowest BCUT2D eigenvalue weighted by atomic mass is 10.2. The van der Waals surface area contributed by atoms with Gasteiger partial charge in [-0.3, -0.25) is 4.79 Å². The quantitative estimate of drug-likeness (QED) is 0.136. The normalized spacial score (nSPS) is 12.7. The van der Waals surface area contributed by atoms with Crippen molar-refractivity contribution < 1.29 is 23.7 Å². The molecule has 1 aromatic carbocycles. The zero-order valence-corrected chi connectivity index (χ0v) is 24.0. The van der Waals surface area contributed by atoms with Crippen molar-refractivity contribution in [1.82, 2.24) is 10.6 Å². The van der Waals surface area contributed by atoms with Crippen LogP contribution in [0.2, 0.25) is 0 Å². The van der Waals surface area contributed by atoms with Gasteiger partial charge < -0.3 is 29.6 Å². The number of hydrogen-bond acceptors (Lipinski definition) is 8. The smallest absolute Gasteiger partial charge is 0.251 e. The number of ether oxygens (including phenoxy) is 4. The molecule has 0 fully saturated rings. The summed E-state index contributed by atoms with van der Waals surface area (Å²) in [5.41, 5.74) is 0.416. The van der Waals surface area contributed by atoms with Crippen LogP contribution in [0.1, 0.15) is 64.7 Å². The Labute approximate surface area is 220 Å². The van der Waals surface area contributed by atoms with Gasteiger partial charge in [-0.15, -0.1) is 0 Å². The molecule has 35 heavy (non-hydrogen) atoms. The highest BCUT2D eigenvalue weighted by atomic mass is 33.1. The minimum absolute atomic E-state index is 0.0983. The Kier molecular flexibility index (Phi) is 17.6. The van der Waals surface area contributed by atoms with E-state index in [4.69, 9.17) is 18.9 Å². The van der Waals surface area contributed by atoms with E-state index in [1.165, 1.54) is 0 Å². The molecule has 0 radical (unpaired) electrons. The maximum Gasteiger partial charge on any atom is 0.251 e. The van der Waals surface area contributed by atoms with Crippen LogP contribution in [0.5, 0.6) is 5.75 Å². The number of benzene rings is 1. The third-order valence-corrected chi connectivity index (χ3v) is 7.91. The first-order chi connectivity index (χ1) is 16.7. The maximum absolute atomic E-state index is 12.4. The molecule has 1 rings (SSSR count). The van der Waals surface area contributed by atoms with Crippen molar-refractivity contribution in [3.8, 4) is 5.75 Å². The summed E-state index contributed by atoms with van der Waals surface area (Å²) in [7, 11) is 3.41. The van der Waals surface area contributed by atoms with E-state index in [2.05, 4.69) is 52.2 Å². The monoisotopic (exact) mass is 530 g/mol. The number of carbonyl (C=O) groups excluding carboxylic acids is 1. The van der Waals surface area contributed by atoms with Crippen molar-refractivity contribution in [3.05, 3.63) is 29.8 Å². The third kappa shape index (κ3) is 18.0. The molecule has 202 valence electrons. The van der Waals surface area contributed by atoms with Crippen molar-refractivity contribution in [1.29, 1.82) is 0 Å². The van der Waals surface area contributed by atoms with Gasteiger partial charge in [0.15, 0.2) is 0 Å². The van der Waals surface area contributed by atoms with E-state index in [9.17, 15) is 4.79 Å². The molecule has 0 saturated carbocycles. The van der Waals surface area contributed by atoms with Gasteiger partial charge in [0.2, 0.25) is 0 Å². The molecule has 1 unspecified atom stereocenters. The van der Waals surface area contributed by atoms with E-state index in [0.29, 0.717) is 56.9 Å². The Morgan fingerprint density at radius 2 is 1.74 bits per heavy atom. The molecule has 7 nitrogen and oxygen atoms in total. The second-order valence-corrected chi connectivity index (χ2v) is 12.6. The van der Waals surface area contributed by atoms with E-state index < -0.39 is 0 Å². The fourth-order valence-electron chi connectivity index (χ4n) is 2.64. The highest BCUT2D eigenvalue weighted by Crippen LogP contribution is 2.38. The van der Waals surface area contributed by atoms with Crippen molar-refractivity contribution in [2.75, 3.05) is 52.7 Å². The molecule has 1 atom stereocenters. The molecule has 1 aromatic rings. The third-order valence-electron chi connectivity index (χ3n) is 4.40. The zero-order valence-electron chi connectivity index (χ0n) is 22.4. The van der Waals surface area contributed by atoms with Crippen LogP contribution in [0.4, 0.5) is 0 Å². The summed E-state index contributed by atoms with van der Waals surface area (Å²) >= 11 is 0. The summed E-state index contributed by atoms with van der Waals surface area (Å²) in [5.74, 6) is 0.538. The van der Waals surface area contributed by atoms with Crippen LogP contribution in [0.15, 0.2) is 24.3 Å². The summed E-state index contributed by atoms with van der Waals surface area (Å²) in [6.07, 6.45) is 2.22. The summed E-state index contributed by atoms with van der Waals surface area (Å²) in [6, 6.07) is 7.65. The van der Waals surface area contributed by atoms with Crippen molar-refractivity contribution in [3.63, 3.8) is 0 Å². The number of unbranched alkanes of at least 4 members (excludes halogenated alkanes) is 1. The molecule has 0 aliphatic carbocycles. The zero-order chi connectivity index (χ0) is 25.9. The molecule has 2 N–H and O–H groups in total. The number of nitrogens with one attached hydrogen (secondary N) is 2. The molecule has 0 aliphatic heterocycles. The van der Waals surface area contributed by atoms with Gasteiger partial charge in [0.05, 0.1) is 26.4 Å². The standard InChI is InChI=1S/C26H46N2O5S2/c1-7-8-14-30-15-16-31-17-18-32-24(34-35-26(4,5)6)20-33-23-11-9-10-22(19-23)25(29)28-13-12-27-21(2)3/h9-11,19,21,24,27H,7-8,12-18,20H2,1-6H3,(H,28,29). The van der Waals surface area contributed by atoms with E-state index in [0.717, 1.165) is 26.0 Å². The first-order valence-electron chi connectivity index (χ1n) is 12.6. The van der Waals surface area contributed by atoms with Gasteiger partial charge in [-0.25, -0.2) is 0 Å². The first kappa shape index (κ1) is 32.1. The summed E-state index contributed by atoms with van der Waals surface area (Å²) in [6.45, 7) is 17.5. The molecule has 1 amide bonds. The molecule has 9 heteroatoms. The van der Waals surface area contributed by atoms with E-state index in [-0.39, 0.29) is 16.1 Å². The highest BCUT2D eigenvalue weighted by Gasteiger charge is 2.18. The number of amides is 1. The Hall–Kier alpha value is -0.970. The van der Waals surface area contributed by atoms with Crippen molar-refractivity contribution in [2.24, 2.45) is 0 Å². The second-order valence-electron chi connectivity index (χ2n) is 9.37. The van der Waals surface area contributed by atoms with Crippen LogP contribution >= 0.6 is 21.6 Å². The lowest BCUT2D eigenvalue weighted by Gasteiger charge is -2.22. The number of carbonyl (C=O) groups is 1. The largest absolute Gasteiger partial charge is 0.490 e. The van der Waals surface area contributed by atoms with Gasteiger partial charge in [0.25, 0.3) is 5.91 Å². The van der Waals surface area contributed by atoms with E-state index in [1.807, 2.05) is 12.1 Å². The Bertz CT molecular complexity index is 686. The van der Waals surface area contributed by atoms with Crippen LogP contribution in [0.3, 0.4) is 0 Å². The van der Waals surface area contributed by atoms with Crippen LogP contribution in [-0.4, -0.2) is 74.9 Å². The van der Waals surface area contributed by atoms with Gasteiger partial charge >= 0.3 is 0 Å². The molecule has 0 aromatic heterocycles. The van der Waals surface area contributed by atoms with E-state index >= 15 is 0 Å². The molecule has 0 saturated heterocycles. The Morgan fingerprint density at radius 3 is 2.43 bits per heavy atom. The van der Waals surface area contributed by atoms with Crippen molar-refractivity contribution in [2.45, 2.75) is 70.6 Å². The summed E-state index contributed by atoms with van der Waals surface area (Å²) < 4.78 is 23.2. The summed E-state index contributed by atoms with van der Waals surface area (Å²) in [5, 5.41) is 6.21. The Morgan fingerprint density at radius 1 is 1.03 bits per heavy atom. The average Bonchev–Trinajstić information content (AvgIpc) is 2.81. The SMILES string of the molecule is CCCCOCCOCCOC(COc1cccc(C(=O)NCCNC(C)C)c1)SSC(C)(C)C. The minimum Gasteiger partial charge on any atom is -0.490 e. The van der Waals surface area contributed by atoms with Gasteiger partial charge in [-0.05, 0) is 24.6 Å². The Balaban J connectivity index is 2.46.